The molecule has 1 unspecified atom stereocenters. The molecule has 4 rings (SSSR count). The zero-order valence-electron chi connectivity index (χ0n) is 18.4. The van der Waals surface area contributed by atoms with Crippen molar-refractivity contribution in [3.63, 3.8) is 0 Å². The van der Waals surface area contributed by atoms with Crippen LogP contribution in [-0.4, -0.2) is 37.6 Å². The fraction of sp³-hybridized carbons (Fsp3) is 0.200. The number of methoxy groups -OCH3 is 2. The quantitative estimate of drug-likeness (QED) is 0.326. The van der Waals surface area contributed by atoms with E-state index in [-0.39, 0.29) is 11.3 Å². The average molecular weight is 449 g/mol. The fourth-order valence-corrected chi connectivity index (χ4v) is 3.84. The average Bonchev–Trinajstić information content (AvgIpc) is 3.45. The zero-order chi connectivity index (χ0) is 23.5. The lowest BCUT2D eigenvalue weighted by molar-refractivity contribution is -0.132. The summed E-state index contributed by atoms with van der Waals surface area (Å²) in [5.74, 6) is -0.246. The number of hydrogen-bond donors (Lipinski definition) is 1. The van der Waals surface area contributed by atoms with Gasteiger partial charge in [-0.2, -0.15) is 0 Å². The first-order chi connectivity index (χ1) is 16.0. The van der Waals surface area contributed by atoms with Crippen molar-refractivity contribution < 1.29 is 33.3 Å². The Morgan fingerprint density at radius 2 is 1.82 bits per heavy atom. The van der Waals surface area contributed by atoms with E-state index in [1.807, 2.05) is 6.92 Å². The van der Waals surface area contributed by atoms with E-state index >= 15 is 0 Å². The normalized spacial score (nSPS) is 17.3. The van der Waals surface area contributed by atoms with Crippen molar-refractivity contribution in [3.05, 3.63) is 77.8 Å². The molecule has 0 aliphatic carbocycles. The summed E-state index contributed by atoms with van der Waals surface area (Å²) in [7, 11) is 2.96. The van der Waals surface area contributed by atoms with Crippen LogP contribution in [0.3, 0.4) is 0 Å². The second-order valence-electron chi connectivity index (χ2n) is 7.18. The Labute approximate surface area is 190 Å². The number of Topliss-reactive ketones (excluding diaryl/α,β-unsaturated/α-hetero) is 1. The van der Waals surface area contributed by atoms with Crippen LogP contribution in [-0.2, 0) is 9.59 Å². The summed E-state index contributed by atoms with van der Waals surface area (Å²) in [6, 6.07) is 13.9. The van der Waals surface area contributed by atoms with Crippen molar-refractivity contribution in [2.24, 2.45) is 0 Å². The van der Waals surface area contributed by atoms with Crippen LogP contribution >= 0.6 is 0 Å². The van der Waals surface area contributed by atoms with Gasteiger partial charge in [-0.1, -0.05) is 6.07 Å². The fourth-order valence-electron chi connectivity index (χ4n) is 3.84. The first kappa shape index (κ1) is 22.0. The van der Waals surface area contributed by atoms with Crippen LogP contribution in [0.15, 0.2) is 70.9 Å². The molecule has 170 valence electrons. The first-order valence-electron chi connectivity index (χ1n) is 10.3. The van der Waals surface area contributed by atoms with Crippen molar-refractivity contribution in [1.29, 1.82) is 0 Å². The molecule has 33 heavy (non-hydrogen) atoms. The van der Waals surface area contributed by atoms with E-state index < -0.39 is 17.7 Å². The maximum Gasteiger partial charge on any atom is 0.300 e. The zero-order valence-corrected chi connectivity index (χ0v) is 18.4. The number of carbonyl (C=O) groups is 2. The molecular formula is C25H23NO7. The van der Waals surface area contributed by atoms with Crippen LogP contribution in [0.25, 0.3) is 5.76 Å². The Kier molecular flexibility index (Phi) is 6.08. The molecule has 0 radical (unpaired) electrons. The molecular weight excluding hydrogens is 426 g/mol. The Balaban J connectivity index is 1.89. The molecule has 2 heterocycles. The summed E-state index contributed by atoms with van der Waals surface area (Å²) in [6.07, 6.45) is 1.45. The molecule has 1 saturated heterocycles. The van der Waals surface area contributed by atoms with Crippen LogP contribution in [0.2, 0.25) is 0 Å². The van der Waals surface area contributed by atoms with Gasteiger partial charge in [0.15, 0.2) is 11.5 Å². The maximum absolute atomic E-state index is 13.2. The molecule has 0 bridgehead atoms. The van der Waals surface area contributed by atoms with Crippen molar-refractivity contribution >= 4 is 23.1 Å². The molecule has 3 aromatic rings. The van der Waals surface area contributed by atoms with E-state index in [0.29, 0.717) is 40.9 Å². The number of amides is 1. The van der Waals surface area contributed by atoms with Crippen molar-refractivity contribution in [2.75, 3.05) is 25.7 Å². The van der Waals surface area contributed by atoms with Gasteiger partial charge in [0.05, 0.1) is 32.7 Å². The third kappa shape index (κ3) is 3.91. The lowest BCUT2D eigenvalue weighted by Gasteiger charge is -2.23. The molecule has 8 nitrogen and oxygen atoms in total. The van der Waals surface area contributed by atoms with Gasteiger partial charge in [0.1, 0.15) is 23.3 Å². The van der Waals surface area contributed by atoms with Gasteiger partial charge in [-0.3, -0.25) is 14.5 Å². The number of nitrogens with zero attached hydrogens (tertiary/aromatic N) is 1. The SMILES string of the molecule is CCOc1cccc(N2C(=O)C(=O)/C(=C(\O)c3ccc(OC)c(OC)c3)C2c2ccco2)c1. The van der Waals surface area contributed by atoms with Gasteiger partial charge in [-0.05, 0) is 49.4 Å². The highest BCUT2D eigenvalue weighted by Gasteiger charge is 2.48. The molecule has 1 amide bonds. The van der Waals surface area contributed by atoms with Crippen LogP contribution in [0, 0.1) is 0 Å². The lowest BCUT2D eigenvalue weighted by Crippen LogP contribution is -2.29. The van der Waals surface area contributed by atoms with Gasteiger partial charge in [-0.25, -0.2) is 0 Å². The van der Waals surface area contributed by atoms with E-state index in [1.165, 1.54) is 31.4 Å². The molecule has 1 aliphatic rings. The number of aliphatic hydroxyl groups is 1. The summed E-state index contributed by atoms with van der Waals surface area (Å²) >= 11 is 0. The highest BCUT2D eigenvalue weighted by Crippen LogP contribution is 2.43. The van der Waals surface area contributed by atoms with Crippen molar-refractivity contribution in [2.45, 2.75) is 13.0 Å². The van der Waals surface area contributed by atoms with Gasteiger partial charge >= 0.3 is 0 Å². The second kappa shape index (κ2) is 9.12. The highest BCUT2D eigenvalue weighted by atomic mass is 16.5. The third-order valence-electron chi connectivity index (χ3n) is 5.32. The third-order valence-corrected chi connectivity index (χ3v) is 5.32. The number of benzene rings is 2. The molecule has 2 aromatic carbocycles. The smallest absolute Gasteiger partial charge is 0.300 e. The van der Waals surface area contributed by atoms with Crippen LogP contribution < -0.4 is 19.1 Å². The summed E-state index contributed by atoms with van der Waals surface area (Å²) in [6.45, 7) is 2.30. The number of ketones is 1. The molecule has 1 fully saturated rings. The first-order valence-corrected chi connectivity index (χ1v) is 10.3. The molecule has 0 saturated carbocycles. The number of hydrogen-bond acceptors (Lipinski definition) is 7. The van der Waals surface area contributed by atoms with Crippen molar-refractivity contribution in [3.8, 4) is 17.2 Å². The Morgan fingerprint density at radius 1 is 1.03 bits per heavy atom. The van der Waals surface area contributed by atoms with Crippen LogP contribution in [0.5, 0.6) is 17.2 Å². The van der Waals surface area contributed by atoms with E-state index in [9.17, 15) is 14.7 Å². The number of rotatable bonds is 7. The van der Waals surface area contributed by atoms with Crippen LogP contribution in [0.4, 0.5) is 5.69 Å². The predicted octanol–water partition coefficient (Wildman–Crippen LogP) is 4.32. The van der Waals surface area contributed by atoms with Gasteiger partial charge < -0.3 is 23.7 Å². The molecule has 1 N–H and O–H groups in total. The molecule has 1 aromatic heterocycles. The van der Waals surface area contributed by atoms with E-state index in [1.54, 1.807) is 48.5 Å². The van der Waals surface area contributed by atoms with Gasteiger partial charge in [0.25, 0.3) is 11.7 Å². The monoisotopic (exact) mass is 449 g/mol. The number of carbonyl (C=O) groups excluding carboxylic acids is 2. The largest absolute Gasteiger partial charge is 0.507 e. The summed E-state index contributed by atoms with van der Waals surface area (Å²) in [4.78, 5) is 27.6. The highest BCUT2D eigenvalue weighted by molar-refractivity contribution is 6.51. The number of ether oxygens (including phenoxy) is 3. The summed E-state index contributed by atoms with van der Waals surface area (Å²) in [5.41, 5.74) is 0.644. The van der Waals surface area contributed by atoms with E-state index in [4.69, 9.17) is 18.6 Å². The Bertz CT molecular complexity index is 1210. The Hall–Kier alpha value is -4.20. The van der Waals surface area contributed by atoms with Crippen LogP contribution in [0.1, 0.15) is 24.3 Å². The van der Waals surface area contributed by atoms with Crippen molar-refractivity contribution in [1.82, 2.24) is 0 Å². The number of aliphatic hydroxyl groups excluding tert-OH is 1. The van der Waals surface area contributed by atoms with Gasteiger partial charge in [0, 0.05) is 17.3 Å². The maximum atomic E-state index is 13.2. The topological polar surface area (TPSA) is 98.4 Å². The van der Waals surface area contributed by atoms with E-state index in [0.717, 1.165) is 0 Å². The Morgan fingerprint density at radius 3 is 2.48 bits per heavy atom. The molecule has 1 aliphatic heterocycles. The minimum Gasteiger partial charge on any atom is -0.507 e. The molecule has 0 spiro atoms. The standard InChI is InChI=1S/C25H23NO7/c1-4-32-17-8-5-7-16(14-17)26-22(19-9-6-12-33-19)21(24(28)25(26)29)23(27)15-10-11-18(30-2)20(13-15)31-3/h5-14,22,27H,4H2,1-3H3/b23-21-. The minimum absolute atomic E-state index is 0.0935. The lowest BCUT2D eigenvalue weighted by atomic mass is 9.99. The molecule has 1 atom stereocenters. The van der Waals surface area contributed by atoms with E-state index in [2.05, 4.69) is 0 Å². The molecule has 8 heteroatoms. The second-order valence-corrected chi connectivity index (χ2v) is 7.18. The summed E-state index contributed by atoms with van der Waals surface area (Å²) in [5, 5.41) is 11.2. The van der Waals surface area contributed by atoms with Gasteiger partial charge in [0.2, 0.25) is 0 Å². The number of anilines is 1. The summed E-state index contributed by atoms with van der Waals surface area (Å²) < 4.78 is 21.7. The van der Waals surface area contributed by atoms with Gasteiger partial charge in [-0.15, -0.1) is 0 Å². The predicted molar refractivity (Wildman–Crippen MR) is 121 cm³/mol. The number of furan rings is 1. The minimum atomic E-state index is -0.968.